The summed E-state index contributed by atoms with van der Waals surface area (Å²) in [6, 6.07) is 5.80. The first kappa shape index (κ1) is 13.3. The molecule has 1 aromatic carbocycles. The molecule has 3 heteroatoms. The summed E-state index contributed by atoms with van der Waals surface area (Å²) in [7, 11) is 0. The molecule has 0 aliphatic heterocycles. The fourth-order valence-electron chi connectivity index (χ4n) is 2.45. The topological polar surface area (TPSA) is 17.1 Å². The molecule has 0 saturated heterocycles. The fraction of sp³-hybridized carbons (Fsp3) is 0.500. The second-order valence-corrected chi connectivity index (χ2v) is 6.81. The molecular weight excluding hydrogens is 344 g/mol. The monoisotopic (exact) mass is 358 g/mol. The molecule has 0 unspecified atom stereocenters. The van der Waals surface area contributed by atoms with Gasteiger partial charge in [0.1, 0.15) is 0 Å². The Morgan fingerprint density at radius 2 is 1.59 bits per heavy atom. The largest absolute Gasteiger partial charge is 0.294 e. The summed E-state index contributed by atoms with van der Waals surface area (Å²) < 4.78 is 1.92. The minimum Gasteiger partial charge on any atom is -0.294 e. The summed E-state index contributed by atoms with van der Waals surface area (Å²) >= 11 is 6.87. The average molecular weight is 360 g/mol. The van der Waals surface area contributed by atoms with E-state index in [-0.39, 0.29) is 5.92 Å². The third-order valence-corrected chi connectivity index (χ3v) is 4.45. The number of carbonyl (C=O) groups is 1. The van der Waals surface area contributed by atoms with Gasteiger partial charge in [-0.2, -0.15) is 0 Å². The lowest BCUT2D eigenvalue weighted by atomic mass is 9.79. The van der Waals surface area contributed by atoms with E-state index < -0.39 is 0 Å². The first-order valence-electron chi connectivity index (χ1n) is 6.06. The molecule has 0 heterocycles. The Hall–Kier alpha value is -0.150. The smallest absolute Gasteiger partial charge is 0.166 e. The molecule has 1 aliphatic carbocycles. The van der Waals surface area contributed by atoms with Crippen molar-refractivity contribution in [2.75, 3.05) is 0 Å². The molecule has 0 aromatic heterocycles. The zero-order chi connectivity index (χ0) is 12.4. The first-order valence-corrected chi connectivity index (χ1v) is 7.65. The molecule has 92 valence electrons. The van der Waals surface area contributed by atoms with Crippen molar-refractivity contribution in [3.63, 3.8) is 0 Å². The molecule has 0 bridgehead atoms. The van der Waals surface area contributed by atoms with Crippen LogP contribution in [0.25, 0.3) is 0 Å². The normalized spacial score (nSPS) is 24.6. The van der Waals surface area contributed by atoms with Crippen molar-refractivity contribution >= 4 is 37.6 Å². The van der Waals surface area contributed by atoms with Crippen molar-refractivity contribution in [2.45, 2.75) is 32.6 Å². The maximum Gasteiger partial charge on any atom is 0.166 e. The van der Waals surface area contributed by atoms with Crippen LogP contribution in [-0.2, 0) is 0 Å². The first-order chi connectivity index (χ1) is 8.06. The Balaban J connectivity index is 2.14. The molecule has 0 N–H and O–H groups in total. The van der Waals surface area contributed by atoms with Gasteiger partial charge in [0.05, 0.1) is 0 Å². The molecule has 2 rings (SSSR count). The second kappa shape index (κ2) is 5.66. The highest BCUT2D eigenvalue weighted by Crippen LogP contribution is 2.31. The number of halogens is 2. The van der Waals surface area contributed by atoms with Crippen molar-refractivity contribution in [3.05, 3.63) is 32.7 Å². The van der Waals surface area contributed by atoms with Crippen molar-refractivity contribution < 1.29 is 4.79 Å². The Morgan fingerprint density at radius 3 is 2.12 bits per heavy atom. The van der Waals surface area contributed by atoms with Gasteiger partial charge in [-0.3, -0.25) is 4.79 Å². The van der Waals surface area contributed by atoms with Crippen LogP contribution in [-0.4, -0.2) is 5.78 Å². The Bertz CT molecular complexity index is 400. The lowest BCUT2D eigenvalue weighted by molar-refractivity contribution is 0.0875. The highest BCUT2D eigenvalue weighted by Gasteiger charge is 2.25. The zero-order valence-corrected chi connectivity index (χ0v) is 13.1. The summed E-state index contributed by atoms with van der Waals surface area (Å²) in [5.41, 5.74) is 0.825. The van der Waals surface area contributed by atoms with Gasteiger partial charge >= 0.3 is 0 Å². The standard InChI is InChI=1S/C14H16Br2O/c1-9-2-4-10(5-3-9)14(17)11-6-12(15)8-13(16)7-11/h6-10H,2-5H2,1H3. The Labute approximate surface area is 119 Å². The molecule has 1 aliphatic rings. The third-order valence-electron chi connectivity index (χ3n) is 3.53. The van der Waals surface area contributed by atoms with Crippen molar-refractivity contribution in [2.24, 2.45) is 11.8 Å². The average Bonchev–Trinajstić information content (AvgIpc) is 2.28. The van der Waals surface area contributed by atoms with E-state index >= 15 is 0 Å². The van der Waals surface area contributed by atoms with Crippen LogP contribution in [0.3, 0.4) is 0 Å². The van der Waals surface area contributed by atoms with Crippen LogP contribution >= 0.6 is 31.9 Å². The molecule has 1 aromatic rings. The number of hydrogen-bond acceptors (Lipinski definition) is 1. The van der Waals surface area contributed by atoms with E-state index in [9.17, 15) is 4.79 Å². The van der Waals surface area contributed by atoms with E-state index in [2.05, 4.69) is 38.8 Å². The van der Waals surface area contributed by atoms with E-state index in [0.29, 0.717) is 5.78 Å². The summed E-state index contributed by atoms with van der Waals surface area (Å²) in [6.45, 7) is 2.27. The van der Waals surface area contributed by atoms with Gasteiger partial charge in [-0.05, 0) is 37.0 Å². The van der Waals surface area contributed by atoms with E-state index in [1.165, 1.54) is 12.8 Å². The van der Waals surface area contributed by atoms with Gasteiger partial charge in [-0.25, -0.2) is 0 Å². The van der Waals surface area contributed by atoms with Gasteiger partial charge in [-0.15, -0.1) is 0 Å². The molecule has 0 radical (unpaired) electrons. The van der Waals surface area contributed by atoms with Gasteiger partial charge in [-0.1, -0.05) is 51.6 Å². The SMILES string of the molecule is CC1CCC(C(=O)c2cc(Br)cc(Br)c2)CC1. The van der Waals surface area contributed by atoms with Gasteiger partial charge in [0.25, 0.3) is 0 Å². The van der Waals surface area contributed by atoms with E-state index in [1.807, 2.05) is 18.2 Å². The maximum absolute atomic E-state index is 12.4. The highest BCUT2D eigenvalue weighted by atomic mass is 79.9. The van der Waals surface area contributed by atoms with Crippen LogP contribution in [0, 0.1) is 11.8 Å². The minimum atomic E-state index is 0.229. The summed E-state index contributed by atoms with van der Waals surface area (Å²) in [6.07, 6.45) is 4.46. The number of ketones is 1. The molecule has 1 nitrogen and oxygen atoms in total. The predicted molar refractivity (Wildman–Crippen MR) is 77.3 cm³/mol. The summed E-state index contributed by atoms with van der Waals surface area (Å²) in [5, 5.41) is 0. The highest BCUT2D eigenvalue weighted by molar-refractivity contribution is 9.11. The van der Waals surface area contributed by atoms with E-state index in [1.54, 1.807) is 0 Å². The number of rotatable bonds is 2. The molecule has 0 spiro atoms. The van der Waals surface area contributed by atoms with Crippen LogP contribution in [0.5, 0.6) is 0 Å². The summed E-state index contributed by atoms with van der Waals surface area (Å²) in [4.78, 5) is 12.4. The number of carbonyl (C=O) groups excluding carboxylic acids is 1. The molecule has 0 amide bonds. The van der Waals surface area contributed by atoms with Crippen LogP contribution < -0.4 is 0 Å². The van der Waals surface area contributed by atoms with Crippen LogP contribution in [0.2, 0.25) is 0 Å². The van der Waals surface area contributed by atoms with Gasteiger partial charge in [0, 0.05) is 20.4 Å². The molecular formula is C14H16Br2O. The van der Waals surface area contributed by atoms with E-state index in [0.717, 1.165) is 33.3 Å². The lowest BCUT2D eigenvalue weighted by Gasteiger charge is -2.25. The third kappa shape index (κ3) is 3.41. The van der Waals surface area contributed by atoms with Crippen molar-refractivity contribution in [1.29, 1.82) is 0 Å². The summed E-state index contributed by atoms with van der Waals surface area (Å²) in [5.74, 6) is 1.32. The van der Waals surface area contributed by atoms with Crippen LogP contribution in [0.1, 0.15) is 43.0 Å². The lowest BCUT2D eigenvalue weighted by Crippen LogP contribution is -2.21. The number of benzene rings is 1. The maximum atomic E-state index is 12.4. The van der Waals surface area contributed by atoms with Crippen LogP contribution in [0.4, 0.5) is 0 Å². The van der Waals surface area contributed by atoms with Gasteiger partial charge < -0.3 is 0 Å². The molecule has 17 heavy (non-hydrogen) atoms. The minimum absolute atomic E-state index is 0.229. The number of Topliss-reactive ketones (excluding diaryl/α,β-unsaturated/α-hetero) is 1. The van der Waals surface area contributed by atoms with Gasteiger partial charge in [0.2, 0.25) is 0 Å². The fourth-order valence-corrected chi connectivity index (χ4v) is 3.75. The van der Waals surface area contributed by atoms with Crippen molar-refractivity contribution in [3.8, 4) is 0 Å². The second-order valence-electron chi connectivity index (χ2n) is 4.98. The molecule has 1 fully saturated rings. The van der Waals surface area contributed by atoms with Gasteiger partial charge in [0.15, 0.2) is 5.78 Å². The molecule has 1 saturated carbocycles. The molecule has 0 atom stereocenters. The zero-order valence-electron chi connectivity index (χ0n) is 9.88. The predicted octanol–water partition coefficient (Wildman–Crippen LogP) is 5.22. The number of hydrogen-bond donors (Lipinski definition) is 0. The quantitative estimate of drug-likeness (QED) is 0.661. The van der Waals surface area contributed by atoms with Crippen LogP contribution in [0.15, 0.2) is 27.1 Å². The van der Waals surface area contributed by atoms with Crippen molar-refractivity contribution in [1.82, 2.24) is 0 Å². The Morgan fingerprint density at radius 1 is 1.06 bits per heavy atom. The van der Waals surface area contributed by atoms with E-state index in [4.69, 9.17) is 0 Å². The Kier molecular flexibility index (Phi) is 4.42.